The van der Waals surface area contributed by atoms with Gasteiger partial charge < -0.3 is 4.90 Å². The molecule has 0 spiro atoms. The Morgan fingerprint density at radius 1 is 0.955 bits per heavy atom. The number of aromatic nitrogens is 2. The number of hydrogen-bond acceptors (Lipinski definition) is 5. The lowest BCUT2D eigenvalue weighted by Crippen LogP contribution is -2.49. The van der Waals surface area contributed by atoms with Crippen molar-refractivity contribution in [2.45, 2.75) is 11.8 Å². The van der Waals surface area contributed by atoms with Gasteiger partial charge in [-0.25, -0.2) is 18.4 Å². The molecule has 1 aromatic carbocycles. The number of benzene rings is 1. The molecule has 22 heavy (non-hydrogen) atoms. The molecule has 2 heterocycles. The highest BCUT2D eigenvalue weighted by atomic mass is 32.2. The van der Waals surface area contributed by atoms with E-state index >= 15 is 0 Å². The molecule has 1 aromatic heterocycles. The molecule has 0 aliphatic carbocycles. The van der Waals surface area contributed by atoms with Gasteiger partial charge in [-0.15, -0.1) is 0 Å². The third kappa shape index (κ3) is 2.82. The van der Waals surface area contributed by atoms with Crippen molar-refractivity contribution in [3.63, 3.8) is 0 Å². The van der Waals surface area contributed by atoms with Crippen LogP contribution >= 0.6 is 0 Å². The molecule has 7 heteroatoms. The van der Waals surface area contributed by atoms with Crippen molar-refractivity contribution in [1.29, 1.82) is 0 Å². The van der Waals surface area contributed by atoms with Crippen LogP contribution in [0.2, 0.25) is 0 Å². The molecular weight excluding hydrogens is 300 g/mol. The maximum atomic E-state index is 12.7. The molecule has 0 atom stereocenters. The first-order valence-corrected chi connectivity index (χ1v) is 8.61. The highest BCUT2D eigenvalue weighted by Crippen LogP contribution is 2.21. The van der Waals surface area contributed by atoms with Crippen LogP contribution in [0.15, 0.2) is 47.6 Å². The van der Waals surface area contributed by atoms with Gasteiger partial charge in [0, 0.05) is 38.6 Å². The van der Waals surface area contributed by atoms with E-state index in [-0.39, 0.29) is 0 Å². The summed E-state index contributed by atoms with van der Waals surface area (Å²) in [5.74, 6) is 0.649. The van der Waals surface area contributed by atoms with Crippen molar-refractivity contribution in [3.05, 3.63) is 48.3 Å². The second kappa shape index (κ2) is 6.02. The van der Waals surface area contributed by atoms with Gasteiger partial charge in [0.25, 0.3) is 0 Å². The van der Waals surface area contributed by atoms with Crippen LogP contribution in [-0.4, -0.2) is 48.9 Å². The Morgan fingerprint density at radius 2 is 1.59 bits per heavy atom. The number of piperazine rings is 1. The summed E-state index contributed by atoms with van der Waals surface area (Å²) in [7, 11) is -3.43. The van der Waals surface area contributed by atoms with E-state index in [9.17, 15) is 8.42 Å². The van der Waals surface area contributed by atoms with Crippen LogP contribution in [0.1, 0.15) is 5.56 Å². The van der Waals surface area contributed by atoms with Gasteiger partial charge in [0.2, 0.25) is 16.0 Å². The summed E-state index contributed by atoms with van der Waals surface area (Å²) >= 11 is 0. The van der Waals surface area contributed by atoms with E-state index in [1.807, 2.05) is 24.0 Å². The maximum Gasteiger partial charge on any atom is 0.243 e. The summed E-state index contributed by atoms with van der Waals surface area (Å²) in [6, 6.07) is 8.85. The lowest BCUT2D eigenvalue weighted by Gasteiger charge is -2.34. The van der Waals surface area contributed by atoms with E-state index in [1.165, 1.54) is 4.31 Å². The van der Waals surface area contributed by atoms with Crippen molar-refractivity contribution in [2.75, 3.05) is 31.1 Å². The molecule has 0 unspecified atom stereocenters. The largest absolute Gasteiger partial charge is 0.338 e. The van der Waals surface area contributed by atoms with Crippen LogP contribution < -0.4 is 4.90 Å². The zero-order valence-electron chi connectivity index (χ0n) is 12.4. The van der Waals surface area contributed by atoms with E-state index in [0.717, 1.165) is 5.56 Å². The minimum absolute atomic E-state index is 0.388. The average molecular weight is 318 g/mol. The summed E-state index contributed by atoms with van der Waals surface area (Å²) in [6.07, 6.45) is 3.39. The topological polar surface area (TPSA) is 66.4 Å². The first-order chi connectivity index (χ1) is 10.6. The van der Waals surface area contributed by atoms with Crippen molar-refractivity contribution in [3.8, 4) is 0 Å². The summed E-state index contributed by atoms with van der Waals surface area (Å²) in [6.45, 7) is 3.88. The molecular formula is C15H18N4O2S. The van der Waals surface area contributed by atoms with Gasteiger partial charge in [0.05, 0.1) is 4.90 Å². The van der Waals surface area contributed by atoms with Crippen molar-refractivity contribution >= 4 is 16.0 Å². The first-order valence-electron chi connectivity index (χ1n) is 7.17. The van der Waals surface area contributed by atoms with Gasteiger partial charge in [-0.3, -0.25) is 0 Å². The third-order valence-corrected chi connectivity index (χ3v) is 5.84. The molecule has 6 nitrogen and oxygen atoms in total. The number of sulfonamides is 1. The molecule has 1 saturated heterocycles. The summed E-state index contributed by atoms with van der Waals surface area (Å²) in [5.41, 5.74) is 0.774. The van der Waals surface area contributed by atoms with Crippen LogP contribution in [0.4, 0.5) is 5.95 Å². The molecule has 0 bridgehead atoms. The molecule has 0 saturated carbocycles. The van der Waals surface area contributed by atoms with Crippen molar-refractivity contribution in [2.24, 2.45) is 0 Å². The fraction of sp³-hybridized carbons (Fsp3) is 0.333. The Kier molecular flexibility index (Phi) is 4.08. The number of rotatable bonds is 3. The van der Waals surface area contributed by atoms with Crippen LogP contribution in [0.25, 0.3) is 0 Å². The summed E-state index contributed by atoms with van der Waals surface area (Å²) in [4.78, 5) is 10.8. The molecule has 116 valence electrons. The number of nitrogens with zero attached hydrogens (tertiary/aromatic N) is 4. The predicted molar refractivity (Wildman–Crippen MR) is 84.2 cm³/mol. The average Bonchev–Trinajstić information content (AvgIpc) is 2.56. The molecule has 1 aliphatic rings. The standard InChI is InChI=1S/C15H18N4O2S/c1-13-5-2-3-6-14(13)22(20,21)19-11-9-18(10-12-19)15-16-7-4-8-17-15/h2-8H,9-12H2,1H3. The first kappa shape index (κ1) is 14.9. The number of hydrogen-bond donors (Lipinski definition) is 0. The van der Waals surface area contributed by atoms with Crippen LogP contribution in [0.3, 0.4) is 0 Å². The zero-order chi connectivity index (χ0) is 15.6. The summed E-state index contributed by atoms with van der Waals surface area (Å²) < 4.78 is 27.0. The van der Waals surface area contributed by atoms with E-state index in [2.05, 4.69) is 9.97 Å². The Balaban J connectivity index is 1.75. The van der Waals surface area contributed by atoms with Crippen LogP contribution in [0, 0.1) is 6.92 Å². The number of aryl methyl sites for hydroxylation is 1. The fourth-order valence-corrected chi connectivity index (χ4v) is 4.22. The van der Waals surface area contributed by atoms with E-state index < -0.39 is 10.0 Å². The lowest BCUT2D eigenvalue weighted by atomic mass is 10.2. The second-order valence-corrected chi connectivity index (χ2v) is 7.11. The highest BCUT2D eigenvalue weighted by molar-refractivity contribution is 7.89. The van der Waals surface area contributed by atoms with Gasteiger partial charge in [0.15, 0.2) is 0 Å². The Morgan fingerprint density at radius 3 is 2.23 bits per heavy atom. The molecule has 1 fully saturated rings. The highest BCUT2D eigenvalue weighted by Gasteiger charge is 2.29. The molecule has 0 amide bonds. The molecule has 0 N–H and O–H groups in total. The SMILES string of the molecule is Cc1ccccc1S(=O)(=O)N1CCN(c2ncccn2)CC1. The van der Waals surface area contributed by atoms with Gasteiger partial charge in [-0.2, -0.15) is 4.31 Å². The van der Waals surface area contributed by atoms with Gasteiger partial charge in [0.1, 0.15) is 0 Å². The molecule has 3 rings (SSSR count). The molecule has 1 aliphatic heterocycles. The quantitative estimate of drug-likeness (QED) is 0.853. The fourth-order valence-electron chi connectivity index (χ4n) is 2.57. The van der Waals surface area contributed by atoms with Crippen LogP contribution in [0.5, 0.6) is 0 Å². The Bertz CT molecular complexity index is 741. The zero-order valence-corrected chi connectivity index (χ0v) is 13.2. The predicted octanol–water partition coefficient (Wildman–Crippen LogP) is 1.30. The molecule has 2 aromatic rings. The van der Waals surface area contributed by atoms with Gasteiger partial charge in [-0.05, 0) is 24.6 Å². The van der Waals surface area contributed by atoms with Crippen molar-refractivity contribution in [1.82, 2.24) is 14.3 Å². The Hall–Kier alpha value is -1.99. The van der Waals surface area contributed by atoms with Crippen molar-refractivity contribution < 1.29 is 8.42 Å². The third-order valence-electron chi connectivity index (χ3n) is 3.79. The monoisotopic (exact) mass is 318 g/mol. The second-order valence-electron chi connectivity index (χ2n) is 5.21. The van der Waals surface area contributed by atoms with Crippen LogP contribution in [-0.2, 0) is 10.0 Å². The Labute approximate surface area is 130 Å². The van der Waals surface area contributed by atoms with E-state index in [4.69, 9.17) is 0 Å². The van der Waals surface area contributed by atoms with E-state index in [1.54, 1.807) is 30.6 Å². The summed E-state index contributed by atoms with van der Waals surface area (Å²) in [5, 5.41) is 0. The number of anilines is 1. The smallest absolute Gasteiger partial charge is 0.243 e. The lowest BCUT2D eigenvalue weighted by molar-refractivity contribution is 0.382. The maximum absolute atomic E-state index is 12.7. The minimum Gasteiger partial charge on any atom is -0.338 e. The van der Waals surface area contributed by atoms with Gasteiger partial charge >= 0.3 is 0 Å². The van der Waals surface area contributed by atoms with E-state index in [0.29, 0.717) is 37.0 Å². The normalized spacial score (nSPS) is 16.7. The minimum atomic E-state index is -3.43. The van der Waals surface area contributed by atoms with Gasteiger partial charge in [-0.1, -0.05) is 18.2 Å². The molecule has 0 radical (unpaired) electrons.